The van der Waals surface area contributed by atoms with Crippen molar-refractivity contribution in [1.29, 1.82) is 0 Å². The molecule has 0 saturated heterocycles. The van der Waals surface area contributed by atoms with Gasteiger partial charge in [-0.05, 0) is 54.5 Å². The van der Waals surface area contributed by atoms with Crippen LogP contribution in [-0.2, 0) is 11.2 Å². The molecule has 0 fully saturated rings. The SMILES string of the molecule is Cc1ccc(CCC(=O)NCCOc2ccccc2C(C)C)cc1C. The van der Waals surface area contributed by atoms with E-state index in [2.05, 4.69) is 57.3 Å². The monoisotopic (exact) mass is 339 g/mol. The minimum absolute atomic E-state index is 0.0685. The first-order valence-electron chi connectivity index (χ1n) is 9.02. The molecule has 0 aromatic heterocycles. The van der Waals surface area contributed by atoms with Crippen LogP contribution < -0.4 is 10.1 Å². The molecule has 134 valence electrons. The molecule has 0 unspecified atom stereocenters. The van der Waals surface area contributed by atoms with Gasteiger partial charge in [0, 0.05) is 6.42 Å². The molecule has 3 nitrogen and oxygen atoms in total. The van der Waals surface area contributed by atoms with Gasteiger partial charge in [-0.15, -0.1) is 0 Å². The van der Waals surface area contributed by atoms with E-state index in [0.29, 0.717) is 25.5 Å². The van der Waals surface area contributed by atoms with E-state index in [1.165, 1.54) is 22.3 Å². The summed E-state index contributed by atoms with van der Waals surface area (Å²) in [7, 11) is 0. The Bertz CT molecular complexity index is 707. The summed E-state index contributed by atoms with van der Waals surface area (Å²) in [5.41, 5.74) is 4.96. The van der Waals surface area contributed by atoms with Crippen molar-refractivity contribution in [2.24, 2.45) is 0 Å². The number of hydrogen-bond acceptors (Lipinski definition) is 2. The van der Waals surface area contributed by atoms with E-state index in [9.17, 15) is 4.79 Å². The first-order valence-corrected chi connectivity index (χ1v) is 9.02. The number of carbonyl (C=O) groups excluding carboxylic acids is 1. The number of hydrogen-bond donors (Lipinski definition) is 1. The Morgan fingerprint density at radius 1 is 1.08 bits per heavy atom. The van der Waals surface area contributed by atoms with Crippen LogP contribution in [0.4, 0.5) is 0 Å². The average molecular weight is 339 g/mol. The lowest BCUT2D eigenvalue weighted by Gasteiger charge is -2.14. The average Bonchev–Trinajstić information content (AvgIpc) is 2.60. The molecule has 1 N–H and O–H groups in total. The van der Waals surface area contributed by atoms with Gasteiger partial charge in [0.15, 0.2) is 0 Å². The summed E-state index contributed by atoms with van der Waals surface area (Å²) in [5, 5.41) is 2.93. The van der Waals surface area contributed by atoms with E-state index in [1.54, 1.807) is 0 Å². The lowest BCUT2D eigenvalue weighted by atomic mass is 10.0. The van der Waals surface area contributed by atoms with Crippen LogP contribution in [0.1, 0.15) is 48.4 Å². The lowest BCUT2D eigenvalue weighted by molar-refractivity contribution is -0.121. The number of benzene rings is 2. The van der Waals surface area contributed by atoms with E-state index in [0.717, 1.165) is 12.2 Å². The normalized spacial score (nSPS) is 10.8. The summed E-state index contributed by atoms with van der Waals surface area (Å²) >= 11 is 0. The molecule has 1 amide bonds. The highest BCUT2D eigenvalue weighted by molar-refractivity contribution is 5.76. The fourth-order valence-electron chi connectivity index (χ4n) is 2.75. The number of nitrogens with one attached hydrogen (secondary N) is 1. The van der Waals surface area contributed by atoms with Crippen LogP contribution in [0.2, 0.25) is 0 Å². The van der Waals surface area contributed by atoms with E-state index in [4.69, 9.17) is 4.74 Å². The van der Waals surface area contributed by atoms with Gasteiger partial charge in [-0.1, -0.05) is 50.2 Å². The Kier molecular flexibility index (Phi) is 7.05. The molecule has 2 aromatic carbocycles. The lowest BCUT2D eigenvalue weighted by Crippen LogP contribution is -2.28. The summed E-state index contributed by atoms with van der Waals surface area (Å²) in [6, 6.07) is 14.4. The quantitative estimate of drug-likeness (QED) is 0.716. The summed E-state index contributed by atoms with van der Waals surface area (Å²) in [6.45, 7) is 9.51. The molecule has 0 spiro atoms. The van der Waals surface area contributed by atoms with Crippen LogP contribution in [0.3, 0.4) is 0 Å². The number of ether oxygens (including phenoxy) is 1. The van der Waals surface area contributed by atoms with Gasteiger partial charge in [0.1, 0.15) is 12.4 Å². The van der Waals surface area contributed by atoms with Crippen LogP contribution in [0, 0.1) is 13.8 Å². The van der Waals surface area contributed by atoms with E-state index < -0.39 is 0 Å². The van der Waals surface area contributed by atoms with E-state index in [-0.39, 0.29) is 5.91 Å². The van der Waals surface area contributed by atoms with Gasteiger partial charge in [-0.2, -0.15) is 0 Å². The molecule has 0 aliphatic rings. The van der Waals surface area contributed by atoms with Crippen molar-refractivity contribution in [2.45, 2.75) is 46.5 Å². The minimum atomic E-state index is 0.0685. The number of rotatable bonds is 8. The van der Waals surface area contributed by atoms with Crippen molar-refractivity contribution < 1.29 is 9.53 Å². The maximum atomic E-state index is 12.0. The third-order valence-corrected chi connectivity index (χ3v) is 4.43. The molecule has 2 rings (SSSR count). The molecular weight excluding hydrogens is 310 g/mol. The molecule has 0 saturated carbocycles. The molecule has 3 heteroatoms. The van der Waals surface area contributed by atoms with Gasteiger partial charge in [0.05, 0.1) is 6.54 Å². The van der Waals surface area contributed by atoms with Gasteiger partial charge < -0.3 is 10.1 Å². The van der Waals surface area contributed by atoms with Crippen molar-refractivity contribution in [1.82, 2.24) is 5.32 Å². The first-order chi connectivity index (χ1) is 12.0. The zero-order valence-corrected chi connectivity index (χ0v) is 15.8. The Labute approximate surface area is 151 Å². The highest BCUT2D eigenvalue weighted by Gasteiger charge is 2.07. The minimum Gasteiger partial charge on any atom is -0.491 e. The maximum absolute atomic E-state index is 12.0. The van der Waals surface area contributed by atoms with Gasteiger partial charge in [0.25, 0.3) is 0 Å². The van der Waals surface area contributed by atoms with Crippen LogP contribution in [0.15, 0.2) is 42.5 Å². The Balaban J connectivity index is 1.71. The highest BCUT2D eigenvalue weighted by atomic mass is 16.5. The molecule has 0 aliphatic carbocycles. The fourth-order valence-corrected chi connectivity index (χ4v) is 2.75. The zero-order valence-electron chi connectivity index (χ0n) is 15.8. The summed E-state index contributed by atoms with van der Waals surface area (Å²) in [5.74, 6) is 1.39. The van der Waals surface area contributed by atoms with Crippen LogP contribution in [0.25, 0.3) is 0 Å². The number of aryl methyl sites for hydroxylation is 3. The van der Waals surface area contributed by atoms with Gasteiger partial charge in [-0.3, -0.25) is 4.79 Å². The predicted molar refractivity (Wildman–Crippen MR) is 103 cm³/mol. The Morgan fingerprint density at radius 2 is 1.84 bits per heavy atom. The Morgan fingerprint density at radius 3 is 2.56 bits per heavy atom. The second-order valence-corrected chi connectivity index (χ2v) is 6.81. The van der Waals surface area contributed by atoms with Gasteiger partial charge in [0.2, 0.25) is 5.91 Å². The second kappa shape index (κ2) is 9.26. The predicted octanol–water partition coefficient (Wildman–Crippen LogP) is 4.55. The van der Waals surface area contributed by atoms with Crippen LogP contribution in [0.5, 0.6) is 5.75 Å². The third-order valence-electron chi connectivity index (χ3n) is 4.43. The van der Waals surface area contributed by atoms with Gasteiger partial charge in [-0.25, -0.2) is 0 Å². The molecule has 0 radical (unpaired) electrons. The number of amides is 1. The number of carbonyl (C=O) groups is 1. The van der Waals surface area contributed by atoms with Crippen LogP contribution >= 0.6 is 0 Å². The molecular formula is C22H29NO2. The summed E-state index contributed by atoms with van der Waals surface area (Å²) in [4.78, 5) is 12.0. The van der Waals surface area contributed by atoms with Crippen LogP contribution in [-0.4, -0.2) is 19.1 Å². The maximum Gasteiger partial charge on any atom is 0.220 e. The fraction of sp³-hybridized carbons (Fsp3) is 0.409. The third kappa shape index (κ3) is 5.93. The molecule has 0 atom stereocenters. The summed E-state index contributed by atoms with van der Waals surface area (Å²) in [6.07, 6.45) is 1.27. The van der Waals surface area contributed by atoms with Crippen molar-refractivity contribution in [3.63, 3.8) is 0 Å². The van der Waals surface area contributed by atoms with E-state index in [1.807, 2.05) is 18.2 Å². The van der Waals surface area contributed by atoms with E-state index >= 15 is 0 Å². The number of para-hydroxylation sites is 1. The summed E-state index contributed by atoms with van der Waals surface area (Å²) < 4.78 is 5.83. The molecule has 0 heterocycles. The largest absolute Gasteiger partial charge is 0.491 e. The second-order valence-electron chi connectivity index (χ2n) is 6.81. The van der Waals surface area contributed by atoms with Gasteiger partial charge >= 0.3 is 0 Å². The Hall–Kier alpha value is -2.29. The van der Waals surface area contributed by atoms with Crippen molar-refractivity contribution in [3.05, 3.63) is 64.7 Å². The highest BCUT2D eigenvalue weighted by Crippen LogP contribution is 2.25. The van der Waals surface area contributed by atoms with Crippen molar-refractivity contribution in [3.8, 4) is 5.75 Å². The topological polar surface area (TPSA) is 38.3 Å². The smallest absolute Gasteiger partial charge is 0.220 e. The zero-order chi connectivity index (χ0) is 18.2. The van der Waals surface area contributed by atoms with Crippen molar-refractivity contribution >= 4 is 5.91 Å². The standard InChI is InChI=1S/C22H29NO2/c1-16(2)20-7-5-6-8-21(20)25-14-13-23-22(24)12-11-19-10-9-17(3)18(4)15-19/h5-10,15-16H,11-14H2,1-4H3,(H,23,24). The molecule has 25 heavy (non-hydrogen) atoms. The molecule has 0 bridgehead atoms. The molecule has 0 aliphatic heterocycles. The first kappa shape index (κ1) is 19.0. The van der Waals surface area contributed by atoms with Crippen molar-refractivity contribution in [2.75, 3.05) is 13.2 Å². The molecule has 2 aromatic rings.